The van der Waals surface area contributed by atoms with Gasteiger partial charge in [-0.15, -0.1) is 0 Å². The average molecular weight is 217 g/mol. The number of hydrogen-bond acceptors (Lipinski definition) is 2. The summed E-state index contributed by atoms with van der Waals surface area (Å²) in [6.07, 6.45) is 6.85. The topological polar surface area (TPSA) is 49.3 Å². The van der Waals surface area contributed by atoms with E-state index in [0.717, 1.165) is 19.3 Å². The highest BCUT2D eigenvalue weighted by atomic mass is 16.3. The number of carbonyl (C=O) groups is 1. The third kappa shape index (κ3) is 2.63. The molecule has 1 aliphatic carbocycles. The van der Waals surface area contributed by atoms with Gasteiger partial charge in [-0.25, -0.2) is 0 Å². The van der Waals surface area contributed by atoms with Gasteiger partial charge in [-0.2, -0.15) is 0 Å². The van der Waals surface area contributed by atoms with Crippen LogP contribution in [0.3, 0.4) is 0 Å². The Morgan fingerprint density at radius 1 is 1.38 bits per heavy atom. The maximum atomic E-state index is 11.9. The van der Waals surface area contributed by atoms with Crippen molar-refractivity contribution in [3.05, 3.63) is 36.4 Å². The molecule has 0 aromatic heterocycles. The summed E-state index contributed by atoms with van der Waals surface area (Å²) >= 11 is 0. The highest BCUT2D eigenvalue weighted by Gasteiger charge is 2.18. The molecule has 0 radical (unpaired) electrons. The molecule has 2 N–H and O–H groups in total. The second kappa shape index (κ2) is 4.84. The van der Waals surface area contributed by atoms with Crippen molar-refractivity contribution < 1.29 is 9.90 Å². The fraction of sp³-hybridized carbons (Fsp3) is 0.308. The van der Waals surface area contributed by atoms with Gasteiger partial charge in [-0.3, -0.25) is 4.79 Å². The van der Waals surface area contributed by atoms with Crippen LogP contribution in [-0.2, 0) is 4.79 Å². The van der Waals surface area contributed by atoms with Crippen molar-refractivity contribution in [1.82, 2.24) is 0 Å². The van der Waals surface area contributed by atoms with Crippen molar-refractivity contribution in [2.24, 2.45) is 5.92 Å². The highest BCUT2D eigenvalue weighted by molar-refractivity contribution is 5.92. The minimum atomic E-state index is 0.0370. The normalized spacial score (nSPS) is 19.4. The fourth-order valence-corrected chi connectivity index (χ4v) is 1.86. The van der Waals surface area contributed by atoms with Crippen molar-refractivity contribution in [2.75, 3.05) is 5.32 Å². The van der Waals surface area contributed by atoms with Crippen molar-refractivity contribution in [2.45, 2.75) is 19.3 Å². The Morgan fingerprint density at radius 3 is 2.94 bits per heavy atom. The Balaban J connectivity index is 1.99. The first-order valence-corrected chi connectivity index (χ1v) is 5.50. The second-order valence-corrected chi connectivity index (χ2v) is 4.02. The lowest BCUT2D eigenvalue weighted by atomic mass is 9.93. The minimum Gasteiger partial charge on any atom is -0.508 e. The quantitative estimate of drug-likeness (QED) is 0.748. The summed E-state index contributed by atoms with van der Waals surface area (Å²) in [7, 11) is 0. The molecule has 0 saturated heterocycles. The van der Waals surface area contributed by atoms with E-state index in [9.17, 15) is 9.90 Å². The number of hydrogen-bond donors (Lipinski definition) is 2. The first kappa shape index (κ1) is 10.7. The summed E-state index contributed by atoms with van der Waals surface area (Å²) in [4.78, 5) is 11.9. The molecule has 1 unspecified atom stereocenters. The number of benzene rings is 1. The number of aromatic hydroxyl groups is 1. The third-order valence-electron chi connectivity index (χ3n) is 2.75. The van der Waals surface area contributed by atoms with E-state index >= 15 is 0 Å². The van der Waals surface area contributed by atoms with E-state index in [4.69, 9.17) is 0 Å². The molecule has 84 valence electrons. The molecule has 3 heteroatoms. The van der Waals surface area contributed by atoms with E-state index in [2.05, 4.69) is 17.5 Å². The van der Waals surface area contributed by atoms with Crippen LogP contribution >= 0.6 is 0 Å². The fourth-order valence-electron chi connectivity index (χ4n) is 1.86. The van der Waals surface area contributed by atoms with Crippen LogP contribution in [0, 0.1) is 5.92 Å². The second-order valence-electron chi connectivity index (χ2n) is 4.02. The van der Waals surface area contributed by atoms with Gasteiger partial charge in [-0.05, 0) is 31.4 Å². The van der Waals surface area contributed by atoms with Gasteiger partial charge in [0.05, 0.1) is 0 Å². The van der Waals surface area contributed by atoms with Crippen LogP contribution in [-0.4, -0.2) is 11.0 Å². The number of rotatable bonds is 2. The van der Waals surface area contributed by atoms with Gasteiger partial charge in [0.15, 0.2) is 0 Å². The number of anilines is 1. The molecule has 2 rings (SSSR count). The first-order chi connectivity index (χ1) is 7.75. The van der Waals surface area contributed by atoms with Crippen LogP contribution in [0.25, 0.3) is 0 Å². The third-order valence-corrected chi connectivity index (χ3v) is 2.75. The van der Waals surface area contributed by atoms with Crippen LogP contribution in [0.15, 0.2) is 36.4 Å². The predicted octanol–water partition coefficient (Wildman–Crippen LogP) is 2.69. The Bertz CT molecular complexity index is 412. The lowest BCUT2D eigenvalue weighted by molar-refractivity contribution is -0.120. The molecule has 1 aromatic carbocycles. The predicted molar refractivity (Wildman–Crippen MR) is 63.2 cm³/mol. The summed E-state index contributed by atoms with van der Waals surface area (Å²) in [5.41, 5.74) is 0.652. The van der Waals surface area contributed by atoms with Gasteiger partial charge in [0.25, 0.3) is 0 Å². The number of phenols is 1. The zero-order valence-corrected chi connectivity index (χ0v) is 9.02. The molecule has 16 heavy (non-hydrogen) atoms. The van der Waals surface area contributed by atoms with Crippen molar-refractivity contribution in [3.8, 4) is 5.75 Å². The van der Waals surface area contributed by atoms with Crippen LogP contribution in [0.4, 0.5) is 5.69 Å². The molecule has 1 amide bonds. The zero-order chi connectivity index (χ0) is 11.4. The summed E-state index contributed by atoms with van der Waals surface area (Å²) in [6.45, 7) is 0. The summed E-state index contributed by atoms with van der Waals surface area (Å²) < 4.78 is 0. The molecule has 1 aromatic rings. The van der Waals surface area contributed by atoms with Gasteiger partial charge < -0.3 is 10.4 Å². The maximum Gasteiger partial charge on any atom is 0.227 e. The number of phenolic OH excluding ortho intramolecular Hbond substituents is 1. The first-order valence-electron chi connectivity index (χ1n) is 5.50. The molecule has 0 fully saturated rings. The molecular formula is C13H15NO2. The Morgan fingerprint density at radius 2 is 2.25 bits per heavy atom. The Hall–Kier alpha value is -1.77. The zero-order valence-electron chi connectivity index (χ0n) is 9.02. The largest absolute Gasteiger partial charge is 0.508 e. The lowest BCUT2D eigenvalue weighted by Gasteiger charge is -2.17. The molecule has 0 saturated carbocycles. The average Bonchev–Trinajstić information content (AvgIpc) is 2.30. The van der Waals surface area contributed by atoms with Crippen LogP contribution in [0.2, 0.25) is 0 Å². The van der Waals surface area contributed by atoms with Gasteiger partial charge in [-0.1, -0.05) is 18.2 Å². The van der Waals surface area contributed by atoms with Gasteiger partial charge in [0, 0.05) is 17.7 Å². The number of carbonyl (C=O) groups excluding carboxylic acids is 1. The van der Waals surface area contributed by atoms with E-state index in [0.29, 0.717) is 5.69 Å². The van der Waals surface area contributed by atoms with E-state index in [-0.39, 0.29) is 17.6 Å². The lowest BCUT2D eigenvalue weighted by Crippen LogP contribution is -2.23. The van der Waals surface area contributed by atoms with Gasteiger partial charge in [0.1, 0.15) is 5.75 Å². The van der Waals surface area contributed by atoms with Crippen molar-refractivity contribution in [3.63, 3.8) is 0 Å². The standard InChI is InChI=1S/C13H15NO2/c15-12-8-4-7-11(9-12)14-13(16)10-5-2-1-3-6-10/h1-2,4,7-10,15H,3,5-6H2,(H,14,16). The molecule has 0 spiro atoms. The van der Waals surface area contributed by atoms with Crippen molar-refractivity contribution >= 4 is 11.6 Å². The molecule has 0 bridgehead atoms. The summed E-state index contributed by atoms with van der Waals surface area (Å²) in [5.74, 6) is 0.267. The van der Waals surface area contributed by atoms with Crippen LogP contribution < -0.4 is 5.32 Å². The van der Waals surface area contributed by atoms with Gasteiger partial charge in [0.2, 0.25) is 5.91 Å². The van der Waals surface area contributed by atoms with E-state index in [1.165, 1.54) is 0 Å². The number of nitrogens with one attached hydrogen (secondary N) is 1. The molecular weight excluding hydrogens is 202 g/mol. The maximum absolute atomic E-state index is 11.9. The van der Waals surface area contributed by atoms with Gasteiger partial charge >= 0.3 is 0 Å². The summed E-state index contributed by atoms with van der Waals surface area (Å²) in [5, 5.41) is 12.1. The smallest absolute Gasteiger partial charge is 0.227 e. The molecule has 1 aliphatic rings. The molecule has 0 aliphatic heterocycles. The van der Waals surface area contributed by atoms with E-state index < -0.39 is 0 Å². The highest BCUT2D eigenvalue weighted by Crippen LogP contribution is 2.21. The molecule has 3 nitrogen and oxygen atoms in total. The van der Waals surface area contributed by atoms with E-state index in [1.54, 1.807) is 24.3 Å². The Kier molecular flexibility index (Phi) is 3.25. The molecule has 1 atom stereocenters. The van der Waals surface area contributed by atoms with Crippen LogP contribution in [0.1, 0.15) is 19.3 Å². The SMILES string of the molecule is O=C(Nc1cccc(O)c1)C1CC=CCC1. The number of amides is 1. The monoisotopic (exact) mass is 217 g/mol. The molecule has 0 heterocycles. The Labute approximate surface area is 94.8 Å². The minimum absolute atomic E-state index is 0.0370. The summed E-state index contributed by atoms with van der Waals surface area (Å²) in [6, 6.07) is 6.62. The van der Waals surface area contributed by atoms with Crippen molar-refractivity contribution in [1.29, 1.82) is 0 Å². The van der Waals surface area contributed by atoms with Crippen LogP contribution in [0.5, 0.6) is 5.75 Å². The number of allylic oxidation sites excluding steroid dienone is 2. The van der Waals surface area contributed by atoms with E-state index in [1.807, 2.05) is 0 Å².